The molecule has 1 amide bonds. The molecular weight excluding hydrogens is 292 g/mol. The van der Waals surface area contributed by atoms with Crippen LogP contribution in [0.2, 0.25) is 0 Å². The third-order valence-corrected chi connectivity index (χ3v) is 5.11. The summed E-state index contributed by atoms with van der Waals surface area (Å²) in [5, 5.41) is 9.37. The van der Waals surface area contributed by atoms with Gasteiger partial charge in [-0.1, -0.05) is 31.0 Å². The minimum Gasteiger partial charge on any atom is -0.481 e. The van der Waals surface area contributed by atoms with Crippen molar-refractivity contribution in [2.45, 2.75) is 25.7 Å². The van der Waals surface area contributed by atoms with E-state index in [1.165, 1.54) is 5.69 Å². The van der Waals surface area contributed by atoms with E-state index in [1.54, 1.807) is 0 Å². The van der Waals surface area contributed by atoms with E-state index in [0.717, 1.165) is 25.9 Å². The third-order valence-electron chi connectivity index (χ3n) is 5.11. The largest absolute Gasteiger partial charge is 0.481 e. The Kier molecular flexibility index (Phi) is 4.84. The first kappa shape index (κ1) is 15.8. The first-order chi connectivity index (χ1) is 11.2. The van der Waals surface area contributed by atoms with Crippen LogP contribution in [0.3, 0.4) is 0 Å². The molecule has 23 heavy (non-hydrogen) atoms. The number of amides is 1. The van der Waals surface area contributed by atoms with Crippen LogP contribution in [-0.4, -0.2) is 48.1 Å². The highest BCUT2D eigenvalue weighted by Gasteiger charge is 2.38. The molecule has 0 unspecified atom stereocenters. The van der Waals surface area contributed by atoms with Gasteiger partial charge in [0.15, 0.2) is 0 Å². The third kappa shape index (κ3) is 3.49. The second-order valence-corrected chi connectivity index (χ2v) is 6.48. The summed E-state index contributed by atoms with van der Waals surface area (Å²) in [6.07, 6.45) is 3.23. The summed E-state index contributed by atoms with van der Waals surface area (Å²) in [6, 6.07) is 10.2. The van der Waals surface area contributed by atoms with Crippen molar-refractivity contribution in [2.24, 2.45) is 11.8 Å². The molecule has 0 aromatic heterocycles. The first-order valence-electron chi connectivity index (χ1n) is 8.48. The van der Waals surface area contributed by atoms with Crippen LogP contribution >= 0.6 is 0 Å². The zero-order valence-electron chi connectivity index (χ0n) is 13.4. The van der Waals surface area contributed by atoms with Gasteiger partial charge in [0.05, 0.1) is 11.8 Å². The minimum atomic E-state index is -0.814. The number of rotatable bonds is 3. The SMILES string of the molecule is O=C(O)[C@@H]1CCCC[C@H]1C(=O)N1CCN(c2ccccc2)CC1. The fraction of sp³-hybridized carbons (Fsp3) is 0.556. The Hall–Kier alpha value is -2.04. The quantitative estimate of drug-likeness (QED) is 0.929. The molecular formula is C18H24N2O3. The molecule has 2 aliphatic rings. The number of anilines is 1. The fourth-order valence-corrected chi connectivity index (χ4v) is 3.78. The molecule has 2 fully saturated rings. The molecule has 0 spiro atoms. The van der Waals surface area contributed by atoms with Crippen molar-refractivity contribution in [1.29, 1.82) is 0 Å². The van der Waals surface area contributed by atoms with Gasteiger partial charge in [-0.05, 0) is 25.0 Å². The molecule has 1 aromatic carbocycles. The van der Waals surface area contributed by atoms with Gasteiger partial charge in [-0.25, -0.2) is 0 Å². The van der Waals surface area contributed by atoms with Crippen LogP contribution in [0.1, 0.15) is 25.7 Å². The van der Waals surface area contributed by atoms with Gasteiger partial charge in [-0.3, -0.25) is 9.59 Å². The summed E-state index contributed by atoms with van der Waals surface area (Å²) in [4.78, 5) is 28.3. The van der Waals surface area contributed by atoms with Crippen molar-refractivity contribution in [3.8, 4) is 0 Å². The number of carboxylic acid groups (broad SMARTS) is 1. The molecule has 1 aliphatic heterocycles. The van der Waals surface area contributed by atoms with Crippen LogP contribution in [0, 0.1) is 11.8 Å². The van der Waals surface area contributed by atoms with Gasteiger partial charge in [0.2, 0.25) is 5.91 Å². The smallest absolute Gasteiger partial charge is 0.307 e. The Labute approximate surface area is 136 Å². The average molecular weight is 316 g/mol. The van der Waals surface area contributed by atoms with Crippen molar-refractivity contribution in [2.75, 3.05) is 31.1 Å². The Morgan fingerprint density at radius 3 is 2.13 bits per heavy atom. The van der Waals surface area contributed by atoms with Gasteiger partial charge in [0.25, 0.3) is 0 Å². The summed E-state index contributed by atoms with van der Waals surface area (Å²) in [7, 11) is 0. The van der Waals surface area contributed by atoms with E-state index in [-0.39, 0.29) is 11.8 Å². The molecule has 1 saturated heterocycles. The number of benzene rings is 1. The second-order valence-electron chi connectivity index (χ2n) is 6.48. The number of carboxylic acids is 1. The number of piperazine rings is 1. The number of carbonyl (C=O) groups excluding carboxylic acids is 1. The lowest BCUT2D eigenvalue weighted by Crippen LogP contribution is -2.52. The van der Waals surface area contributed by atoms with Crippen molar-refractivity contribution in [3.05, 3.63) is 30.3 Å². The lowest BCUT2D eigenvalue weighted by Gasteiger charge is -2.39. The molecule has 0 radical (unpaired) electrons. The predicted octanol–water partition coefficient (Wildman–Crippen LogP) is 2.23. The molecule has 124 valence electrons. The summed E-state index contributed by atoms with van der Waals surface area (Å²) >= 11 is 0. The zero-order valence-corrected chi connectivity index (χ0v) is 13.4. The van der Waals surface area contributed by atoms with E-state index in [4.69, 9.17) is 0 Å². The highest BCUT2D eigenvalue weighted by molar-refractivity contribution is 5.85. The second kappa shape index (κ2) is 7.02. The van der Waals surface area contributed by atoms with Crippen molar-refractivity contribution in [1.82, 2.24) is 4.90 Å². The number of para-hydroxylation sites is 1. The molecule has 2 atom stereocenters. The summed E-state index contributed by atoms with van der Waals surface area (Å²) in [6.45, 7) is 2.97. The topological polar surface area (TPSA) is 60.9 Å². The highest BCUT2D eigenvalue weighted by Crippen LogP contribution is 2.32. The number of carbonyl (C=O) groups is 2. The molecule has 0 bridgehead atoms. The molecule has 1 aliphatic carbocycles. The van der Waals surface area contributed by atoms with Crippen LogP contribution in [0.25, 0.3) is 0 Å². The average Bonchev–Trinajstić information content (AvgIpc) is 2.62. The Morgan fingerprint density at radius 1 is 0.913 bits per heavy atom. The van der Waals surface area contributed by atoms with Gasteiger partial charge in [-0.15, -0.1) is 0 Å². The molecule has 1 aromatic rings. The van der Waals surface area contributed by atoms with Crippen molar-refractivity contribution >= 4 is 17.6 Å². The van der Waals surface area contributed by atoms with Gasteiger partial charge in [0, 0.05) is 31.9 Å². The van der Waals surface area contributed by atoms with Crippen LogP contribution in [0.4, 0.5) is 5.69 Å². The highest BCUT2D eigenvalue weighted by atomic mass is 16.4. The van der Waals surface area contributed by atoms with Crippen LogP contribution in [-0.2, 0) is 9.59 Å². The maximum atomic E-state index is 12.8. The fourth-order valence-electron chi connectivity index (χ4n) is 3.78. The summed E-state index contributed by atoms with van der Waals surface area (Å²) in [5.41, 5.74) is 1.18. The van der Waals surface area contributed by atoms with Gasteiger partial charge >= 0.3 is 5.97 Å². The lowest BCUT2D eigenvalue weighted by molar-refractivity contribution is -0.152. The monoisotopic (exact) mass is 316 g/mol. The number of aliphatic carboxylic acids is 1. The molecule has 5 heteroatoms. The molecule has 1 saturated carbocycles. The molecule has 1 heterocycles. The van der Waals surface area contributed by atoms with Gasteiger partial charge in [0.1, 0.15) is 0 Å². The van der Waals surface area contributed by atoms with Crippen LogP contribution in [0.5, 0.6) is 0 Å². The minimum absolute atomic E-state index is 0.0461. The van der Waals surface area contributed by atoms with E-state index >= 15 is 0 Å². The number of hydrogen-bond acceptors (Lipinski definition) is 3. The van der Waals surface area contributed by atoms with E-state index in [2.05, 4.69) is 17.0 Å². The van der Waals surface area contributed by atoms with Gasteiger partial charge in [-0.2, -0.15) is 0 Å². The molecule has 5 nitrogen and oxygen atoms in total. The number of hydrogen-bond donors (Lipinski definition) is 1. The van der Waals surface area contributed by atoms with Crippen molar-refractivity contribution < 1.29 is 14.7 Å². The standard InChI is InChI=1S/C18H24N2O3/c21-17(15-8-4-5-9-16(15)18(22)23)20-12-10-19(11-13-20)14-6-2-1-3-7-14/h1-3,6-7,15-16H,4-5,8-13H2,(H,22,23)/t15-,16-/m1/s1. The zero-order chi connectivity index (χ0) is 16.2. The lowest BCUT2D eigenvalue weighted by atomic mass is 9.78. The summed E-state index contributed by atoms with van der Waals surface area (Å²) < 4.78 is 0. The van der Waals surface area contributed by atoms with Crippen LogP contribution in [0.15, 0.2) is 30.3 Å². The molecule has 1 N–H and O–H groups in total. The first-order valence-corrected chi connectivity index (χ1v) is 8.48. The Morgan fingerprint density at radius 2 is 1.52 bits per heavy atom. The van der Waals surface area contributed by atoms with Crippen LogP contribution < -0.4 is 4.90 Å². The Bertz CT molecular complexity index is 553. The van der Waals surface area contributed by atoms with E-state index in [9.17, 15) is 14.7 Å². The Balaban J connectivity index is 1.60. The van der Waals surface area contributed by atoms with E-state index in [1.807, 2.05) is 23.1 Å². The predicted molar refractivity (Wildman–Crippen MR) is 88.3 cm³/mol. The maximum Gasteiger partial charge on any atom is 0.307 e. The van der Waals surface area contributed by atoms with E-state index in [0.29, 0.717) is 25.9 Å². The number of nitrogens with zero attached hydrogens (tertiary/aromatic N) is 2. The normalized spacial score (nSPS) is 25.2. The van der Waals surface area contributed by atoms with Gasteiger partial charge < -0.3 is 14.9 Å². The maximum absolute atomic E-state index is 12.8. The van der Waals surface area contributed by atoms with Crippen molar-refractivity contribution in [3.63, 3.8) is 0 Å². The molecule has 3 rings (SSSR count). The van der Waals surface area contributed by atoms with E-state index < -0.39 is 11.9 Å². The summed E-state index contributed by atoms with van der Waals surface area (Å²) in [5.74, 6) is -1.59.